The minimum Gasteiger partial charge on any atom is -0.355 e. The fraction of sp³-hybridized carbons (Fsp3) is 0.188. The number of anilines is 3. The van der Waals surface area contributed by atoms with Gasteiger partial charge in [-0.05, 0) is 37.3 Å². The van der Waals surface area contributed by atoms with Gasteiger partial charge in [0.1, 0.15) is 0 Å². The van der Waals surface area contributed by atoms with Crippen molar-refractivity contribution in [2.75, 3.05) is 16.9 Å². The zero-order valence-electron chi connectivity index (χ0n) is 12.9. The average Bonchev–Trinajstić information content (AvgIpc) is 2.47. The maximum Gasteiger partial charge on any atom is 0.242 e. The summed E-state index contributed by atoms with van der Waals surface area (Å²) in [5, 5.41) is 5.91. The van der Waals surface area contributed by atoms with Crippen LogP contribution in [0.5, 0.6) is 0 Å². The first-order valence-electron chi connectivity index (χ1n) is 7.04. The van der Waals surface area contributed by atoms with Gasteiger partial charge in [-0.1, -0.05) is 24.3 Å². The van der Waals surface area contributed by atoms with Gasteiger partial charge in [0.05, 0.1) is 12.3 Å². The molecule has 0 saturated carbocycles. The van der Waals surface area contributed by atoms with Crippen LogP contribution in [0.1, 0.15) is 6.92 Å². The molecule has 2 rings (SSSR count). The van der Waals surface area contributed by atoms with E-state index in [-0.39, 0.29) is 0 Å². The molecule has 0 bridgehead atoms. The van der Waals surface area contributed by atoms with Crippen LogP contribution in [-0.4, -0.2) is 26.6 Å². The van der Waals surface area contributed by atoms with Gasteiger partial charge in [0.15, 0.2) is 0 Å². The lowest BCUT2D eigenvalue weighted by atomic mass is 10.2. The van der Waals surface area contributed by atoms with Crippen LogP contribution in [-0.2, 0) is 14.8 Å². The predicted molar refractivity (Wildman–Crippen MR) is 92.2 cm³/mol. The average molecular weight is 333 g/mol. The molecule has 0 saturated heterocycles. The van der Waals surface area contributed by atoms with Crippen LogP contribution in [0.2, 0.25) is 0 Å². The zero-order valence-corrected chi connectivity index (χ0v) is 13.7. The first kappa shape index (κ1) is 17.0. The Morgan fingerprint density at radius 1 is 0.957 bits per heavy atom. The standard InChI is InChI=1S/C16H19N3O3S/c1-12(19-23(2,21)22)16(20)18-15-10-6-9-14(11-15)17-13-7-4-3-5-8-13/h3-12,17,19H,1-2H3,(H,18,20)/t12-/m0/s1. The molecule has 2 aromatic carbocycles. The molecule has 0 aromatic heterocycles. The van der Waals surface area contributed by atoms with Crippen molar-refractivity contribution in [1.82, 2.24) is 4.72 Å². The Morgan fingerprint density at radius 3 is 2.22 bits per heavy atom. The molecular formula is C16H19N3O3S. The fourth-order valence-corrected chi connectivity index (χ4v) is 2.74. The summed E-state index contributed by atoms with van der Waals surface area (Å²) in [6.07, 6.45) is 1.02. The Bertz CT molecular complexity index is 776. The predicted octanol–water partition coefficient (Wildman–Crippen LogP) is 2.31. The molecule has 23 heavy (non-hydrogen) atoms. The van der Waals surface area contributed by atoms with Crippen LogP contribution in [0.3, 0.4) is 0 Å². The van der Waals surface area contributed by atoms with E-state index in [0.717, 1.165) is 17.6 Å². The molecule has 3 N–H and O–H groups in total. The second-order valence-electron chi connectivity index (χ2n) is 5.17. The normalized spacial score (nSPS) is 12.4. The molecule has 0 unspecified atom stereocenters. The van der Waals surface area contributed by atoms with Crippen molar-refractivity contribution in [3.05, 3.63) is 54.6 Å². The lowest BCUT2D eigenvalue weighted by Crippen LogP contribution is -2.40. The number of hydrogen-bond donors (Lipinski definition) is 3. The number of carbonyl (C=O) groups excluding carboxylic acids is 1. The highest BCUT2D eigenvalue weighted by molar-refractivity contribution is 7.88. The number of hydrogen-bond acceptors (Lipinski definition) is 4. The molecule has 6 nitrogen and oxygen atoms in total. The van der Waals surface area contributed by atoms with Crippen LogP contribution < -0.4 is 15.4 Å². The first-order chi connectivity index (χ1) is 10.8. The highest BCUT2D eigenvalue weighted by atomic mass is 32.2. The van der Waals surface area contributed by atoms with Gasteiger partial charge in [0.25, 0.3) is 0 Å². The van der Waals surface area contributed by atoms with Gasteiger partial charge in [-0.3, -0.25) is 4.79 Å². The van der Waals surface area contributed by atoms with Crippen LogP contribution in [0.25, 0.3) is 0 Å². The van der Waals surface area contributed by atoms with Crippen molar-refractivity contribution in [3.63, 3.8) is 0 Å². The molecule has 1 amide bonds. The first-order valence-corrected chi connectivity index (χ1v) is 8.93. The molecule has 0 aliphatic rings. The van der Waals surface area contributed by atoms with Gasteiger partial charge in [-0.2, -0.15) is 0 Å². The fourth-order valence-electron chi connectivity index (χ4n) is 1.99. The van der Waals surface area contributed by atoms with E-state index < -0.39 is 22.0 Å². The van der Waals surface area contributed by atoms with Gasteiger partial charge in [-0.15, -0.1) is 0 Å². The number of carbonyl (C=O) groups is 1. The van der Waals surface area contributed by atoms with Crippen LogP contribution in [0, 0.1) is 0 Å². The summed E-state index contributed by atoms with van der Waals surface area (Å²) < 4.78 is 24.5. The molecule has 122 valence electrons. The number of nitrogens with one attached hydrogen (secondary N) is 3. The van der Waals surface area contributed by atoms with Crippen molar-refractivity contribution < 1.29 is 13.2 Å². The van der Waals surface area contributed by atoms with Crippen molar-refractivity contribution in [2.24, 2.45) is 0 Å². The Balaban J connectivity index is 2.04. The molecule has 0 heterocycles. The Morgan fingerprint density at radius 2 is 1.57 bits per heavy atom. The third-order valence-corrected chi connectivity index (χ3v) is 3.76. The topological polar surface area (TPSA) is 87.3 Å². The summed E-state index contributed by atoms with van der Waals surface area (Å²) >= 11 is 0. The van der Waals surface area contributed by atoms with E-state index in [1.54, 1.807) is 18.2 Å². The highest BCUT2D eigenvalue weighted by Crippen LogP contribution is 2.20. The molecular weight excluding hydrogens is 314 g/mol. The van der Waals surface area contributed by atoms with E-state index in [1.807, 2.05) is 36.4 Å². The number of benzene rings is 2. The van der Waals surface area contributed by atoms with Crippen LogP contribution in [0.15, 0.2) is 54.6 Å². The van der Waals surface area contributed by atoms with E-state index in [1.165, 1.54) is 6.92 Å². The third-order valence-electron chi connectivity index (χ3n) is 2.98. The summed E-state index contributed by atoms with van der Waals surface area (Å²) in [7, 11) is -3.43. The maximum atomic E-state index is 12.0. The smallest absolute Gasteiger partial charge is 0.242 e. The monoisotopic (exact) mass is 333 g/mol. The molecule has 0 radical (unpaired) electrons. The van der Waals surface area contributed by atoms with Crippen molar-refractivity contribution in [2.45, 2.75) is 13.0 Å². The maximum absolute atomic E-state index is 12.0. The molecule has 1 atom stereocenters. The number of amides is 1. The summed E-state index contributed by atoms with van der Waals surface area (Å²) in [5.41, 5.74) is 2.33. The number of sulfonamides is 1. The molecule has 0 aliphatic carbocycles. The van der Waals surface area contributed by atoms with Crippen molar-refractivity contribution in [1.29, 1.82) is 0 Å². The molecule has 7 heteroatoms. The van der Waals surface area contributed by atoms with E-state index >= 15 is 0 Å². The largest absolute Gasteiger partial charge is 0.355 e. The molecule has 0 aliphatic heterocycles. The SMILES string of the molecule is C[C@H](NS(C)(=O)=O)C(=O)Nc1cccc(Nc2ccccc2)c1. The van der Waals surface area contributed by atoms with Gasteiger partial charge in [0, 0.05) is 17.1 Å². The third kappa shape index (κ3) is 5.72. The van der Waals surface area contributed by atoms with Gasteiger partial charge in [0.2, 0.25) is 15.9 Å². The van der Waals surface area contributed by atoms with Crippen molar-refractivity contribution >= 4 is 33.0 Å². The van der Waals surface area contributed by atoms with E-state index in [0.29, 0.717) is 5.69 Å². The minimum absolute atomic E-state index is 0.424. The van der Waals surface area contributed by atoms with Crippen LogP contribution >= 0.6 is 0 Å². The quantitative estimate of drug-likeness (QED) is 0.757. The summed E-state index contributed by atoms with van der Waals surface area (Å²) in [6, 6.07) is 16.0. The van der Waals surface area contributed by atoms with Crippen LogP contribution in [0.4, 0.5) is 17.1 Å². The Labute approximate surface area is 136 Å². The highest BCUT2D eigenvalue weighted by Gasteiger charge is 2.16. The lowest BCUT2D eigenvalue weighted by molar-refractivity contribution is -0.117. The van der Waals surface area contributed by atoms with Crippen molar-refractivity contribution in [3.8, 4) is 0 Å². The lowest BCUT2D eigenvalue weighted by Gasteiger charge is -2.13. The van der Waals surface area contributed by atoms with Gasteiger partial charge in [-0.25, -0.2) is 13.1 Å². The Kier molecular flexibility index (Phi) is 5.36. The van der Waals surface area contributed by atoms with E-state index in [9.17, 15) is 13.2 Å². The second kappa shape index (κ2) is 7.26. The summed E-state index contributed by atoms with van der Waals surface area (Å²) in [6.45, 7) is 1.49. The van der Waals surface area contributed by atoms with Gasteiger partial charge >= 0.3 is 0 Å². The summed E-state index contributed by atoms with van der Waals surface area (Å²) in [4.78, 5) is 12.0. The van der Waals surface area contributed by atoms with E-state index in [4.69, 9.17) is 0 Å². The Hall–Kier alpha value is -2.38. The molecule has 0 fully saturated rings. The molecule has 0 spiro atoms. The number of rotatable bonds is 6. The second-order valence-corrected chi connectivity index (χ2v) is 6.95. The van der Waals surface area contributed by atoms with Gasteiger partial charge < -0.3 is 10.6 Å². The zero-order chi connectivity index (χ0) is 16.9. The number of para-hydroxylation sites is 1. The van der Waals surface area contributed by atoms with E-state index in [2.05, 4.69) is 15.4 Å². The molecule has 2 aromatic rings. The summed E-state index contributed by atoms with van der Waals surface area (Å²) in [5.74, 6) is -0.424. The minimum atomic E-state index is -3.43.